The van der Waals surface area contributed by atoms with Crippen molar-refractivity contribution in [1.29, 1.82) is 0 Å². The summed E-state index contributed by atoms with van der Waals surface area (Å²) in [6.07, 6.45) is -0.786. The SMILES string of the molecule is CC1OCc2c1c1ncnc(N(C(=O)OC(C)(C)C)C(=O)OC(C)(C)C)c1n2-c1ccc(Oc2cccc(N)c2)cc1. The fourth-order valence-electron chi connectivity index (χ4n) is 4.71. The maximum atomic E-state index is 13.5. The molecule has 0 saturated carbocycles. The molecule has 1 aliphatic heterocycles. The van der Waals surface area contributed by atoms with E-state index in [2.05, 4.69) is 9.97 Å². The minimum Gasteiger partial charge on any atom is -0.457 e. The van der Waals surface area contributed by atoms with Crippen LogP contribution in [0.15, 0.2) is 54.9 Å². The highest BCUT2D eigenvalue weighted by Crippen LogP contribution is 2.42. The Hall–Kier alpha value is -4.64. The Kier molecular flexibility index (Phi) is 7.32. The normalized spacial score (nSPS) is 14.9. The highest BCUT2D eigenvalue weighted by Gasteiger charge is 2.38. The third-order valence-electron chi connectivity index (χ3n) is 6.29. The Morgan fingerprint density at radius 2 is 1.60 bits per heavy atom. The predicted octanol–water partition coefficient (Wildman–Crippen LogP) is 7.06. The summed E-state index contributed by atoms with van der Waals surface area (Å²) in [6, 6.07) is 14.5. The minimum absolute atomic E-state index is 0.0326. The standard InChI is InChI=1S/C31H35N5O6/c1-18-24-23(16-39-18)35(20-11-13-21(14-12-20)40-22-10-8-9-19(32)15-22)26-25(24)33-17-34-27(26)36(28(37)41-30(2,3)4)29(38)42-31(5,6)7/h8-15,17-18H,16,32H2,1-7H3. The number of aromatic nitrogens is 3. The van der Waals surface area contributed by atoms with Gasteiger partial charge in [0.25, 0.3) is 0 Å². The van der Waals surface area contributed by atoms with Crippen molar-refractivity contribution in [3.05, 3.63) is 66.1 Å². The van der Waals surface area contributed by atoms with E-state index in [1.807, 2.05) is 47.9 Å². The number of benzene rings is 2. The largest absolute Gasteiger partial charge is 0.457 e. The number of ether oxygens (including phenoxy) is 4. The summed E-state index contributed by atoms with van der Waals surface area (Å²) in [5.41, 5.74) is 8.13. The molecule has 0 saturated heterocycles. The molecular formula is C31H35N5O6. The number of amides is 2. The Morgan fingerprint density at radius 3 is 2.19 bits per heavy atom. The van der Waals surface area contributed by atoms with Crippen LogP contribution in [0.4, 0.5) is 21.1 Å². The first-order chi connectivity index (χ1) is 19.7. The number of anilines is 2. The average Bonchev–Trinajstić information content (AvgIpc) is 3.41. The number of hydrogen-bond acceptors (Lipinski definition) is 9. The topological polar surface area (TPSA) is 131 Å². The Bertz CT molecular complexity index is 1620. The van der Waals surface area contributed by atoms with Gasteiger partial charge in [0, 0.05) is 23.0 Å². The van der Waals surface area contributed by atoms with Crippen molar-refractivity contribution in [2.75, 3.05) is 10.6 Å². The summed E-state index contributed by atoms with van der Waals surface area (Å²) in [5, 5.41) is 0. The van der Waals surface area contributed by atoms with E-state index in [-0.39, 0.29) is 11.9 Å². The molecule has 0 fully saturated rings. The van der Waals surface area contributed by atoms with Crippen molar-refractivity contribution in [2.24, 2.45) is 0 Å². The van der Waals surface area contributed by atoms with Gasteiger partial charge in [-0.3, -0.25) is 0 Å². The van der Waals surface area contributed by atoms with Gasteiger partial charge < -0.3 is 29.2 Å². The number of nitrogens with two attached hydrogens (primary N) is 1. The van der Waals surface area contributed by atoms with Gasteiger partial charge in [-0.25, -0.2) is 19.6 Å². The van der Waals surface area contributed by atoms with Crippen molar-refractivity contribution in [2.45, 2.75) is 72.4 Å². The first-order valence-corrected chi connectivity index (χ1v) is 13.6. The van der Waals surface area contributed by atoms with E-state index in [9.17, 15) is 9.59 Å². The molecule has 3 heterocycles. The molecule has 2 N–H and O–H groups in total. The lowest BCUT2D eigenvalue weighted by molar-refractivity contribution is 0.0429. The molecule has 0 radical (unpaired) electrons. The maximum Gasteiger partial charge on any atom is 0.425 e. The van der Waals surface area contributed by atoms with Crippen LogP contribution in [0.25, 0.3) is 16.7 Å². The van der Waals surface area contributed by atoms with Gasteiger partial charge in [-0.05, 0) is 84.9 Å². The maximum absolute atomic E-state index is 13.5. The molecular weight excluding hydrogens is 538 g/mol. The Balaban J connectivity index is 1.66. The second-order valence-corrected chi connectivity index (χ2v) is 12.0. The van der Waals surface area contributed by atoms with Crippen LogP contribution >= 0.6 is 0 Å². The van der Waals surface area contributed by atoms with E-state index in [1.54, 1.807) is 53.7 Å². The van der Waals surface area contributed by atoms with Gasteiger partial charge in [-0.1, -0.05) is 6.07 Å². The van der Waals surface area contributed by atoms with Crippen molar-refractivity contribution in [3.63, 3.8) is 0 Å². The minimum atomic E-state index is -0.917. The van der Waals surface area contributed by atoms with Crippen LogP contribution in [0, 0.1) is 0 Å². The summed E-state index contributed by atoms with van der Waals surface area (Å²) < 4.78 is 25.1. The molecule has 11 nitrogen and oxygen atoms in total. The number of imide groups is 1. The molecule has 220 valence electrons. The second-order valence-electron chi connectivity index (χ2n) is 12.0. The van der Waals surface area contributed by atoms with Gasteiger partial charge in [-0.2, -0.15) is 4.90 Å². The van der Waals surface area contributed by atoms with Crippen LogP contribution in [0.2, 0.25) is 0 Å². The molecule has 4 aromatic rings. The van der Waals surface area contributed by atoms with Crippen molar-refractivity contribution in [1.82, 2.24) is 14.5 Å². The number of carbonyl (C=O) groups is 2. The zero-order valence-corrected chi connectivity index (χ0v) is 24.8. The van der Waals surface area contributed by atoms with Crippen LogP contribution in [-0.2, 0) is 20.8 Å². The third-order valence-corrected chi connectivity index (χ3v) is 6.29. The highest BCUT2D eigenvalue weighted by atomic mass is 16.6. The summed E-state index contributed by atoms with van der Waals surface area (Å²) in [5.74, 6) is 1.24. The Morgan fingerprint density at radius 1 is 0.952 bits per heavy atom. The monoisotopic (exact) mass is 573 g/mol. The first-order valence-electron chi connectivity index (χ1n) is 13.6. The zero-order chi connectivity index (χ0) is 30.4. The molecule has 1 aliphatic rings. The van der Waals surface area contributed by atoms with E-state index in [4.69, 9.17) is 24.7 Å². The van der Waals surface area contributed by atoms with Crippen LogP contribution in [-0.4, -0.2) is 37.9 Å². The molecule has 11 heteroatoms. The molecule has 2 aromatic heterocycles. The molecule has 5 rings (SSSR count). The van der Waals surface area contributed by atoms with Gasteiger partial charge in [0.05, 0.1) is 18.4 Å². The lowest BCUT2D eigenvalue weighted by atomic mass is 10.1. The van der Waals surface area contributed by atoms with Crippen molar-refractivity contribution < 1.29 is 28.5 Å². The van der Waals surface area contributed by atoms with E-state index in [0.29, 0.717) is 34.8 Å². The van der Waals surface area contributed by atoms with Gasteiger partial charge >= 0.3 is 12.2 Å². The molecule has 1 unspecified atom stereocenters. The first kappa shape index (κ1) is 28.9. The lowest BCUT2D eigenvalue weighted by Crippen LogP contribution is -2.44. The zero-order valence-electron chi connectivity index (χ0n) is 24.8. The molecule has 0 spiro atoms. The number of nitrogen functional groups attached to an aromatic ring is 1. The molecule has 42 heavy (non-hydrogen) atoms. The number of carbonyl (C=O) groups excluding carboxylic acids is 2. The summed E-state index contributed by atoms with van der Waals surface area (Å²) in [4.78, 5) is 36.9. The van der Waals surface area contributed by atoms with E-state index < -0.39 is 23.4 Å². The highest BCUT2D eigenvalue weighted by molar-refractivity contribution is 6.13. The van der Waals surface area contributed by atoms with Crippen molar-refractivity contribution >= 4 is 34.7 Å². The smallest absolute Gasteiger partial charge is 0.425 e. The molecule has 1 atom stereocenters. The Labute approximate surface area is 244 Å². The quantitative estimate of drug-likeness (QED) is 0.255. The average molecular weight is 574 g/mol. The predicted molar refractivity (Wildman–Crippen MR) is 158 cm³/mol. The van der Waals surface area contributed by atoms with Gasteiger partial charge in [-0.15, -0.1) is 0 Å². The van der Waals surface area contributed by atoms with Gasteiger partial charge in [0.1, 0.15) is 40.1 Å². The van der Waals surface area contributed by atoms with E-state index >= 15 is 0 Å². The van der Waals surface area contributed by atoms with Gasteiger partial charge in [0.2, 0.25) is 0 Å². The lowest BCUT2D eigenvalue weighted by Gasteiger charge is -2.28. The van der Waals surface area contributed by atoms with Gasteiger partial charge in [0.15, 0.2) is 5.82 Å². The van der Waals surface area contributed by atoms with Crippen molar-refractivity contribution in [3.8, 4) is 17.2 Å². The second kappa shape index (κ2) is 10.6. The van der Waals surface area contributed by atoms with E-state index in [0.717, 1.165) is 21.8 Å². The molecule has 0 bridgehead atoms. The molecule has 2 aromatic carbocycles. The fraction of sp³-hybridized carbons (Fsp3) is 0.355. The number of hydrogen-bond donors (Lipinski definition) is 1. The molecule has 2 amide bonds. The summed E-state index contributed by atoms with van der Waals surface area (Å²) in [6.45, 7) is 12.5. The van der Waals surface area contributed by atoms with Crippen LogP contribution in [0.5, 0.6) is 11.5 Å². The van der Waals surface area contributed by atoms with Crippen LogP contribution in [0.3, 0.4) is 0 Å². The molecule has 0 aliphatic carbocycles. The number of rotatable bonds is 4. The third kappa shape index (κ3) is 5.87. The summed E-state index contributed by atoms with van der Waals surface area (Å²) in [7, 11) is 0. The van der Waals surface area contributed by atoms with Crippen LogP contribution < -0.4 is 15.4 Å². The van der Waals surface area contributed by atoms with E-state index in [1.165, 1.54) is 6.33 Å². The number of fused-ring (bicyclic) bond motifs is 3. The number of nitrogens with zero attached hydrogens (tertiary/aromatic N) is 4. The fourth-order valence-corrected chi connectivity index (χ4v) is 4.71. The van der Waals surface area contributed by atoms with Crippen LogP contribution in [0.1, 0.15) is 65.8 Å². The summed E-state index contributed by atoms with van der Waals surface area (Å²) >= 11 is 0.